The van der Waals surface area contributed by atoms with Crippen LogP contribution >= 0.6 is 0 Å². The summed E-state index contributed by atoms with van der Waals surface area (Å²) in [6, 6.07) is 1.79. The minimum Gasteiger partial charge on any atom is -0.316 e. The molecule has 0 bridgehead atoms. The topological polar surface area (TPSA) is 47.8 Å². The molecule has 76 valence electrons. The second-order valence-electron chi connectivity index (χ2n) is 4.03. The van der Waals surface area contributed by atoms with Crippen LogP contribution in [-0.4, -0.2) is 20.8 Å². The van der Waals surface area contributed by atoms with E-state index >= 15 is 0 Å². The Bertz CT molecular complexity index is 540. The highest BCUT2D eigenvalue weighted by molar-refractivity contribution is 5.82. The molecule has 0 aliphatic heterocycles. The van der Waals surface area contributed by atoms with Crippen molar-refractivity contribution in [3.05, 3.63) is 23.7 Å². The molecule has 0 aromatic carbocycles. The van der Waals surface area contributed by atoms with Crippen LogP contribution in [0.25, 0.3) is 11.2 Å². The van der Waals surface area contributed by atoms with Crippen LogP contribution < -0.4 is 0 Å². The van der Waals surface area contributed by atoms with E-state index in [2.05, 4.69) is 9.97 Å². The SMILES string of the molecule is Cn1c(C2CC2)nc2cc(C=O)cnc21. The zero-order valence-corrected chi connectivity index (χ0v) is 8.47. The third-order valence-electron chi connectivity index (χ3n) is 2.84. The number of aldehydes is 1. The van der Waals surface area contributed by atoms with Gasteiger partial charge < -0.3 is 4.57 Å². The number of hydrogen-bond acceptors (Lipinski definition) is 3. The van der Waals surface area contributed by atoms with E-state index in [0.717, 1.165) is 23.3 Å². The van der Waals surface area contributed by atoms with Gasteiger partial charge in [0.1, 0.15) is 11.3 Å². The van der Waals surface area contributed by atoms with Crippen LogP contribution in [-0.2, 0) is 7.05 Å². The number of carbonyl (C=O) groups is 1. The first-order valence-electron chi connectivity index (χ1n) is 5.07. The number of pyridine rings is 1. The standard InChI is InChI=1S/C11H11N3O/c1-14-10(8-2-3-8)13-9-4-7(6-15)5-12-11(9)14/h4-6,8H,2-3H2,1H3. The minimum atomic E-state index is 0.586. The third kappa shape index (κ3) is 1.25. The lowest BCUT2D eigenvalue weighted by Gasteiger charge is -1.97. The van der Waals surface area contributed by atoms with Crippen LogP contribution in [0.1, 0.15) is 34.9 Å². The molecule has 2 aromatic heterocycles. The minimum absolute atomic E-state index is 0.586. The Morgan fingerprint density at radius 2 is 2.33 bits per heavy atom. The Kier molecular flexibility index (Phi) is 1.65. The van der Waals surface area contributed by atoms with Crippen molar-refractivity contribution in [2.75, 3.05) is 0 Å². The summed E-state index contributed by atoms with van der Waals surface area (Å²) in [5.74, 6) is 1.70. The van der Waals surface area contributed by atoms with E-state index in [1.54, 1.807) is 12.3 Å². The van der Waals surface area contributed by atoms with E-state index in [4.69, 9.17) is 0 Å². The van der Waals surface area contributed by atoms with Gasteiger partial charge in [-0.05, 0) is 18.9 Å². The Morgan fingerprint density at radius 3 is 3.00 bits per heavy atom. The van der Waals surface area contributed by atoms with Gasteiger partial charge in [0.15, 0.2) is 11.9 Å². The molecule has 4 heteroatoms. The molecule has 0 N–H and O–H groups in total. The highest BCUT2D eigenvalue weighted by Gasteiger charge is 2.28. The molecule has 1 aliphatic rings. The second-order valence-corrected chi connectivity index (χ2v) is 4.03. The molecule has 3 rings (SSSR count). The largest absolute Gasteiger partial charge is 0.316 e. The van der Waals surface area contributed by atoms with Crippen LogP contribution in [0.5, 0.6) is 0 Å². The molecule has 0 amide bonds. The van der Waals surface area contributed by atoms with Gasteiger partial charge in [-0.2, -0.15) is 0 Å². The molecular weight excluding hydrogens is 190 g/mol. The molecule has 4 nitrogen and oxygen atoms in total. The fraction of sp³-hybridized carbons (Fsp3) is 0.364. The van der Waals surface area contributed by atoms with Crippen molar-refractivity contribution >= 4 is 17.5 Å². The Morgan fingerprint density at radius 1 is 1.53 bits per heavy atom. The smallest absolute Gasteiger partial charge is 0.159 e. The Balaban J connectivity index is 2.24. The monoisotopic (exact) mass is 201 g/mol. The molecule has 0 radical (unpaired) electrons. The molecule has 1 aliphatic carbocycles. The maximum atomic E-state index is 10.6. The summed E-state index contributed by atoms with van der Waals surface area (Å²) in [5.41, 5.74) is 2.27. The molecular formula is C11H11N3O. The quantitative estimate of drug-likeness (QED) is 0.694. The van der Waals surface area contributed by atoms with Gasteiger partial charge in [0.05, 0.1) is 0 Å². The number of aryl methyl sites for hydroxylation is 1. The average molecular weight is 201 g/mol. The number of hydrogen-bond donors (Lipinski definition) is 0. The number of fused-ring (bicyclic) bond motifs is 1. The maximum Gasteiger partial charge on any atom is 0.159 e. The van der Waals surface area contributed by atoms with Crippen molar-refractivity contribution in [1.82, 2.24) is 14.5 Å². The van der Waals surface area contributed by atoms with Gasteiger partial charge in [-0.3, -0.25) is 4.79 Å². The summed E-state index contributed by atoms with van der Waals surface area (Å²) in [4.78, 5) is 19.4. The van der Waals surface area contributed by atoms with Crippen molar-refractivity contribution < 1.29 is 4.79 Å². The lowest BCUT2D eigenvalue weighted by molar-refractivity contribution is 0.112. The first-order chi connectivity index (χ1) is 7.29. The zero-order valence-electron chi connectivity index (χ0n) is 8.47. The summed E-state index contributed by atoms with van der Waals surface area (Å²) < 4.78 is 2.03. The van der Waals surface area contributed by atoms with Crippen molar-refractivity contribution in [3.8, 4) is 0 Å². The summed E-state index contributed by atoms with van der Waals surface area (Å²) in [6.45, 7) is 0. The maximum absolute atomic E-state index is 10.6. The molecule has 1 fully saturated rings. The van der Waals surface area contributed by atoms with Crippen molar-refractivity contribution in [1.29, 1.82) is 0 Å². The van der Waals surface area contributed by atoms with Crippen molar-refractivity contribution in [3.63, 3.8) is 0 Å². The lowest BCUT2D eigenvalue weighted by Crippen LogP contribution is -1.96. The number of aromatic nitrogens is 3. The third-order valence-corrected chi connectivity index (χ3v) is 2.84. The predicted octanol–water partition coefficient (Wildman–Crippen LogP) is 1.66. The van der Waals surface area contributed by atoms with Crippen LogP contribution in [0, 0.1) is 0 Å². The number of carbonyl (C=O) groups excluding carboxylic acids is 1. The zero-order chi connectivity index (χ0) is 10.4. The number of nitrogens with zero attached hydrogens (tertiary/aromatic N) is 3. The fourth-order valence-corrected chi connectivity index (χ4v) is 1.88. The fourth-order valence-electron chi connectivity index (χ4n) is 1.88. The molecule has 2 aromatic rings. The first kappa shape index (κ1) is 8.59. The van der Waals surface area contributed by atoms with E-state index in [0.29, 0.717) is 11.5 Å². The van der Waals surface area contributed by atoms with Gasteiger partial charge >= 0.3 is 0 Å². The van der Waals surface area contributed by atoms with E-state index in [1.165, 1.54) is 12.8 Å². The molecule has 0 saturated heterocycles. The van der Waals surface area contributed by atoms with Crippen LogP contribution in [0.15, 0.2) is 12.3 Å². The molecule has 15 heavy (non-hydrogen) atoms. The predicted molar refractivity (Wildman–Crippen MR) is 55.9 cm³/mol. The van der Waals surface area contributed by atoms with Crippen LogP contribution in [0.2, 0.25) is 0 Å². The molecule has 0 atom stereocenters. The van der Waals surface area contributed by atoms with E-state index in [1.807, 2.05) is 11.6 Å². The normalized spacial score (nSPS) is 15.8. The average Bonchev–Trinajstić information content (AvgIpc) is 3.04. The van der Waals surface area contributed by atoms with E-state index < -0.39 is 0 Å². The van der Waals surface area contributed by atoms with Gasteiger partial charge in [0.25, 0.3) is 0 Å². The number of rotatable bonds is 2. The summed E-state index contributed by atoms with van der Waals surface area (Å²) in [6.07, 6.45) is 4.83. The molecule has 1 saturated carbocycles. The molecule has 2 heterocycles. The molecule has 0 spiro atoms. The van der Waals surface area contributed by atoms with Crippen LogP contribution in [0.4, 0.5) is 0 Å². The van der Waals surface area contributed by atoms with E-state index in [-0.39, 0.29) is 0 Å². The lowest BCUT2D eigenvalue weighted by atomic mass is 10.3. The number of imidazole rings is 1. The Hall–Kier alpha value is -1.71. The Labute approximate surface area is 87.0 Å². The molecule has 0 unspecified atom stereocenters. The highest BCUT2D eigenvalue weighted by atomic mass is 16.1. The van der Waals surface area contributed by atoms with Crippen LogP contribution in [0.3, 0.4) is 0 Å². The summed E-state index contributed by atoms with van der Waals surface area (Å²) >= 11 is 0. The van der Waals surface area contributed by atoms with Crippen molar-refractivity contribution in [2.24, 2.45) is 7.05 Å². The second kappa shape index (κ2) is 2.89. The summed E-state index contributed by atoms with van der Waals surface area (Å²) in [5, 5.41) is 0. The van der Waals surface area contributed by atoms with Gasteiger partial charge in [0.2, 0.25) is 0 Å². The van der Waals surface area contributed by atoms with E-state index in [9.17, 15) is 4.79 Å². The first-order valence-corrected chi connectivity index (χ1v) is 5.07. The summed E-state index contributed by atoms with van der Waals surface area (Å²) in [7, 11) is 1.98. The van der Waals surface area contributed by atoms with Gasteiger partial charge in [-0.25, -0.2) is 9.97 Å². The van der Waals surface area contributed by atoms with Gasteiger partial charge in [0, 0.05) is 24.7 Å². The van der Waals surface area contributed by atoms with Crippen molar-refractivity contribution in [2.45, 2.75) is 18.8 Å². The highest BCUT2D eigenvalue weighted by Crippen LogP contribution is 2.39. The van der Waals surface area contributed by atoms with Gasteiger partial charge in [-0.15, -0.1) is 0 Å². The van der Waals surface area contributed by atoms with Gasteiger partial charge in [-0.1, -0.05) is 0 Å².